The van der Waals surface area contributed by atoms with Gasteiger partial charge >= 0.3 is 0 Å². The molecule has 0 bridgehead atoms. The average molecular weight is 242 g/mol. The first-order valence-electron chi connectivity index (χ1n) is 5.82. The number of hydrogen-bond donors (Lipinski definition) is 1. The fourth-order valence-electron chi connectivity index (χ4n) is 2.30. The van der Waals surface area contributed by atoms with Crippen molar-refractivity contribution in [3.63, 3.8) is 0 Å². The van der Waals surface area contributed by atoms with Gasteiger partial charge in [-0.05, 0) is 25.1 Å². The average Bonchev–Trinajstić information content (AvgIpc) is 2.78. The molecule has 0 saturated heterocycles. The lowest BCUT2D eigenvalue weighted by Gasteiger charge is -2.26. The highest BCUT2D eigenvalue weighted by Gasteiger charge is 2.37. The summed E-state index contributed by atoms with van der Waals surface area (Å²) >= 11 is 0. The Morgan fingerprint density at radius 3 is 2.94 bits per heavy atom. The molecule has 2 aliphatic heterocycles. The molecule has 0 fully saturated rings. The third kappa shape index (κ3) is 1.42. The molecule has 0 aromatic heterocycles. The molecule has 0 saturated carbocycles. The summed E-state index contributed by atoms with van der Waals surface area (Å²) in [6, 6.07) is 5.81. The van der Waals surface area contributed by atoms with Gasteiger partial charge in [-0.25, -0.2) is 4.99 Å². The predicted octanol–water partition coefficient (Wildman–Crippen LogP) is 2.00. The molecular formula is C14H14N2O2. The second-order valence-electron chi connectivity index (χ2n) is 4.63. The van der Waals surface area contributed by atoms with Crippen LogP contribution in [0.3, 0.4) is 0 Å². The number of dihydropyridines is 1. The summed E-state index contributed by atoms with van der Waals surface area (Å²) in [5, 5.41) is 9.53. The minimum absolute atomic E-state index is 0.0508. The van der Waals surface area contributed by atoms with Gasteiger partial charge in [-0.15, -0.1) is 0 Å². The number of ether oxygens (including phenoxy) is 1. The Morgan fingerprint density at radius 1 is 1.39 bits per heavy atom. The number of aliphatic imine (C=N–C) groups is 2. The lowest BCUT2D eigenvalue weighted by atomic mass is 9.87. The Hall–Kier alpha value is -1.94. The summed E-state index contributed by atoms with van der Waals surface area (Å²) in [5.41, 5.74) is 3.17. The van der Waals surface area contributed by atoms with Crippen molar-refractivity contribution in [3.8, 4) is 5.75 Å². The molecule has 1 aromatic rings. The third-order valence-electron chi connectivity index (χ3n) is 3.40. The minimum atomic E-state index is -0.643. The molecule has 1 N–H and O–H groups in total. The lowest BCUT2D eigenvalue weighted by molar-refractivity contribution is 0.250. The van der Waals surface area contributed by atoms with Gasteiger partial charge in [0.1, 0.15) is 11.3 Å². The highest BCUT2D eigenvalue weighted by atomic mass is 16.5. The molecule has 1 aromatic carbocycles. The van der Waals surface area contributed by atoms with Gasteiger partial charge < -0.3 is 9.84 Å². The molecule has 4 nitrogen and oxygen atoms in total. The fraction of sp³-hybridized carbons (Fsp3) is 0.286. The molecule has 18 heavy (non-hydrogen) atoms. The SMILES string of the molecule is COc1ccc2c(c1)N=C1C2=CC=NC1(C)CO. The Morgan fingerprint density at radius 2 is 2.22 bits per heavy atom. The Labute approximate surface area is 105 Å². The second kappa shape index (κ2) is 3.78. The zero-order valence-electron chi connectivity index (χ0n) is 10.3. The first-order chi connectivity index (χ1) is 8.68. The van der Waals surface area contributed by atoms with Gasteiger partial charge in [-0.1, -0.05) is 0 Å². The van der Waals surface area contributed by atoms with Crippen LogP contribution in [0.1, 0.15) is 12.5 Å². The Balaban J connectivity index is 2.15. The second-order valence-corrected chi connectivity index (χ2v) is 4.63. The van der Waals surface area contributed by atoms with Crippen LogP contribution in [-0.4, -0.2) is 36.3 Å². The van der Waals surface area contributed by atoms with Crippen molar-refractivity contribution < 1.29 is 9.84 Å². The van der Waals surface area contributed by atoms with Crippen LogP contribution in [0, 0.1) is 0 Å². The number of methoxy groups -OCH3 is 1. The maximum atomic E-state index is 9.53. The van der Waals surface area contributed by atoms with Gasteiger partial charge in [-0.2, -0.15) is 0 Å². The molecule has 0 spiro atoms. The number of aliphatic hydroxyl groups excluding tert-OH is 1. The summed E-state index contributed by atoms with van der Waals surface area (Å²) in [5.74, 6) is 0.781. The maximum Gasteiger partial charge on any atom is 0.123 e. The predicted molar refractivity (Wildman–Crippen MR) is 72.0 cm³/mol. The van der Waals surface area contributed by atoms with Gasteiger partial charge in [0.25, 0.3) is 0 Å². The van der Waals surface area contributed by atoms with Crippen LogP contribution in [0.15, 0.2) is 34.3 Å². The van der Waals surface area contributed by atoms with E-state index in [1.54, 1.807) is 13.3 Å². The monoisotopic (exact) mass is 242 g/mol. The van der Waals surface area contributed by atoms with Gasteiger partial charge in [0.15, 0.2) is 0 Å². The molecule has 4 heteroatoms. The van der Waals surface area contributed by atoms with E-state index in [2.05, 4.69) is 9.98 Å². The van der Waals surface area contributed by atoms with Crippen LogP contribution in [0.25, 0.3) is 5.57 Å². The molecule has 0 amide bonds. The molecule has 0 aliphatic carbocycles. The van der Waals surface area contributed by atoms with E-state index in [0.717, 1.165) is 28.3 Å². The zero-order chi connectivity index (χ0) is 12.8. The molecule has 2 aliphatic rings. The normalized spacial score (nSPS) is 24.2. The number of nitrogens with zero attached hydrogens (tertiary/aromatic N) is 2. The van der Waals surface area contributed by atoms with Gasteiger partial charge in [0, 0.05) is 23.4 Å². The van der Waals surface area contributed by atoms with Crippen molar-refractivity contribution in [1.82, 2.24) is 0 Å². The van der Waals surface area contributed by atoms with E-state index >= 15 is 0 Å². The maximum absolute atomic E-state index is 9.53. The van der Waals surface area contributed by atoms with Crippen molar-refractivity contribution >= 4 is 23.2 Å². The molecule has 92 valence electrons. The highest BCUT2D eigenvalue weighted by Crippen LogP contribution is 2.41. The number of hydrogen-bond acceptors (Lipinski definition) is 4. The van der Waals surface area contributed by atoms with Crippen molar-refractivity contribution in [2.45, 2.75) is 12.5 Å². The van der Waals surface area contributed by atoms with Crippen molar-refractivity contribution in [1.29, 1.82) is 0 Å². The van der Waals surface area contributed by atoms with Crippen molar-refractivity contribution in [2.75, 3.05) is 13.7 Å². The minimum Gasteiger partial charge on any atom is -0.497 e. The quantitative estimate of drug-likeness (QED) is 0.862. The molecule has 0 radical (unpaired) electrons. The Bertz CT molecular complexity index is 602. The molecule has 1 unspecified atom stereocenters. The van der Waals surface area contributed by atoms with Gasteiger partial charge in [0.05, 0.1) is 25.1 Å². The fourth-order valence-corrected chi connectivity index (χ4v) is 2.30. The van der Waals surface area contributed by atoms with Crippen LogP contribution in [0.5, 0.6) is 5.75 Å². The van der Waals surface area contributed by atoms with E-state index < -0.39 is 5.54 Å². The van der Waals surface area contributed by atoms with E-state index in [1.165, 1.54) is 0 Å². The highest BCUT2D eigenvalue weighted by molar-refractivity contribution is 6.35. The number of allylic oxidation sites excluding steroid dienone is 1. The van der Waals surface area contributed by atoms with E-state index in [4.69, 9.17) is 4.74 Å². The molecular weight excluding hydrogens is 228 g/mol. The number of aliphatic hydroxyl groups is 1. The number of fused-ring (bicyclic) bond motifs is 3. The van der Waals surface area contributed by atoms with Crippen LogP contribution < -0.4 is 4.74 Å². The van der Waals surface area contributed by atoms with Crippen LogP contribution in [-0.2, 0) is 0 Å². The summed E-state index contributed by atoms with van der Waals surface area (Å²) in [4.78, 5) is 8.94. The van der Waals surface area contributed by atoms with Crippen LogP contribution in [0.2, 0.25) is 0 Å². The first kappa shape index (κ1) is 11.2. The first-order valence-corrected chi connectivity index (χ1v) is 5.82. The van der Waals surface area contributed by atoms with E-state index in [-0.39, 0.29) is 6.61 Å². The van der Waals surface area contributed by atoms with Gasteiger partial charge in [0.2, 0.25) is 0 Å². The van der Waals surface area contributed by atoms with E-state index in [0.29, 0.717) is 0 Å². The standard InChI is InChI=1S/C14H14N2O2/c1-14(8-17)13-11(5-6-15-14)10-4-3-9(18-2)7-12(10)16-13/h3-7,17H,8H2,1-2H3. The summed E-state index contributed by atoms with van der Waals surface area (Å²) < 4.78 is 5.20. The zero-order valence-corrected chi connectivity index (χ0v) is 10.3. The summed E-state index contributed by atoms with van der Waals surface area (Å²) in [6.45, 7) is 1.84. The summed E-state index contributed by atoms with van der Waals surface area (Å²) in [7, 11) is 1.64. The Kier molecular flexibility index (Phi) is 2.35. The number of benzene rings is 1. The van der Waals surface area contributed by atoms with E-state index in [9.17, 15) is 5.11 Å². The molecule has 3 rings (SSSR count). The smallest absolute Gasteiger partial charge is 0.123 e. The van der Waals surface area contributed by atoms with Gasteiger partial charge in [-0.3, -0.25) is 4.99 Å². The summed E-state index contributed by atoms with van der Waals surface area (Å²) in [6.07, 6.45) is 3.68. The topological polar surface area (TPSA) is 54.2 Å². The number of rotatable bonds is 2. The van der Waals surface area contributed by atoms with Crippen molar-refractivity contribution in [2.24, 2.45) is 9.98 Å². The largest absolute Gasteiger partial charge is 0.497 e. The van der Waals surface area contributed by atoms with Crippen LogP contribution in [0.4, 0.5) is 5.69 Å². The van der Waals surface area contributed by atoms with Crippen LogP contribution >= 0.6 is 0 Å². The van der Waals surface area contributed by atoms with E-state index in [1.807, 2.05) is 31.2 Å². The third-order valence-corrected chi connectivity index (χ3v) is 3.40. The van der Waals surface area contributed by atoms with Crippen molar-refractivity contribution in [3.05, 3.63) is 29.8 Å². The lowest BCUT2D eigenvalue weighted by Crippen LogP contribution is -2.38. The molecule has 2 heterocycles. The molecule has 1 atom stereocenters.